The van der Waals surface area contributed by atoms with Crippen LogP contribution in [0.1, 0.15) is 4.88 Å². The fraction of sp³-hybridized carbons (Fsp3) is 0.294. The number of rotatable bonds is 6. The Balaban J connectivity index is 1.85. The van der Waals surface area contributed by atoms with Gasteiger partial charge >= 0.3 is 0 Å². The minimum absolute atomic E-state index is 0.0839. The quantitative estimate of drug-likeness (QED) is 0.739. The van der Waals surface area contributed by atoms with Crippen LogP contribution in [0.3, 0.4) is 0 Å². The topological polar surface area (TPSA) is 67.6 Å². The molecule has 2 aromatic heterocycles. The van der Waals surface area contributed by atoms with Crippen molar-refractivity contribution in [3.8, 4) is 11.4 Å². The van der Waals surface area contributed by atoms with E-state index in [1.165, 1.54) is 22.2 Å². The minimum atomic E-state index is -0.133. The smallest absolute Gasteiger partial charge is 0.275 e. The van der Waals surface area contributed by atoms with E-state index in [0.29, 0.717) is 16.8 Å². The Morgan fingerprint density at radius 3 is 2.71 bits per heavy atom. The summed E-state index contributed by atoms with van der Waals surface area (Å²) >= 11 is 1.27. The first-order chi connectivity index (χ1) is 11.6. The maximum Gasteiger partial charge on any atom is 0.275 e. The predicted molar refractivity (Wildman–Crippen MR) is 95.2 cm³/mol. The maximum absolute atomic E-state index is 12.6. The van der Waals surface area contributed by atoms with E-state index in [1.807, 2.05) is 38.4 Å². The van der Waals surface area contributed by atoms with Crippen LogP contribution >= 0.6 is 11.3 Å². The molecule has 3 aromatic rings. The van der Waals surface area contributed by atoms with Gasteiger partial charge in [0.05, 0.1) is 17.8 Å². The second kappa shape index (κ2) is 7.12. The second-order valence-corrected chi connectivity index (χ2v) is 6.79. The summed E-state index contributed by atoms with van der Waals surface area (Å²) in [6.45, 7) is 1.37. The molecule has 0 saturated carbocycles. The van der Waals surface area contributed by atoms with Crippen molar-refractivity contribution in [1.29, 1.82) is 0 Å². The van der Waals surface area contributed by atoms with Crippen LogP contribution in [0.25, 0.3) is 15.9 Å². The normalized spacial score (nSPS) is 11.3. The van der Waals surface area contributed by atoms with E-state index in [4.69, 9.17) is 4.74 Å². The lowest BCUT2D eigenvalue weighted by Gasteiger charge is -2.11. The van der Waals surface area contributed by atoms with E-state index in [1.54, 1.807) is 6.07 Å². The molecule has 0 aliphatic carbocycles. The minimum Gasteiger partial charge on any atom is -0.492 e. The second-order valence-electron chi connectivity index (χ2n) is 5.65. The molecule has 1 N–H and O–H groups in total. The van der Waals surface area contributed by atoms with Crippen molar-refractivity contribution in [2.75, 3.05) is 27.2 Å². The van der Waals surface area contributed by atoms with E-state index >= 15 is 0 Å². The van der Waals surface area contributed by atoms with Gasteiger partial charge in [0, 0.05) is 11.4 Å². The summed E-state index contributed by atoms with van der Waals surface area (Å²) < 4.78 is 7.71. The fourth-order valence-electron chi connectivity index (χ4n) is 2.27. The number of fused-ring (bicyclic) bond motifs is 1. The molecule has 1 aromatic carbocycles. The van der Waals surface area contributed by atoms with Gasteiger partial charge in [-0.1, -0.05) is 0 Å². The number of benzene rings is 1. The molecule has 0 radical (unpaired) electrons. The van der Waals surface area contributed by atoms with Crippen LogP contribution in [0, 0.1) is 0 Å². The lowest BCUT2D eigenvalue weighted by molar-refractivity contribution is 0.261. The van der Waals surface area contributed by atoms with Gasteiger partial charge < -0.3 is 14.7 Å². The predicted octanol–water partition coefficient (Wildman–Crippen LogP) is 1.88. The number of nitrogens with zero attached hydrogens (tertiary/aromatic N) is 3. The summed E-state index contributed by atoms with van der Waals surface area (Å²) in [4.78, 5) is 19.7. The Morgan fingerprint density at radius 1 is 1.29 bits per heavy atom. The van der Waals surface area contributed by atoms with Crippen LogP contribution in [0.15, 0.2) is 41.5 Å². The van der Waals surface area contributed by atoms with Crippen molar-refractivity contribution in [1.82, 2.24) is 14.5 Å². The Bertz CT molecular complexity index is 884. The Labute approximate surface area is 143 Å². The van der Waals surface area contributed by atoms with Crippen LogP contribution < -0.4 is 10.3 Å². The van der Waals surface area contributed by atoms with Gasteiger partial charge in [-0.25, -0.2) is 4.98 Å². The van der Waals surface area contributed by atoms with Gasteiger partial charge in [-0.3, -0.25) is 9.36 Å². The van der Waals surface area contributed by atoms with Crippen molar-refractivity contribution >= 4 is 21.6 Å². The van der Waals surface area contributed by atoms with Crippen molar-refractivity contribution in [2.45, 2.75) is 6.61 Å². The van der Waals surface area contributed by atoms with E-state index < -0.39 is 0 Å². The van der Waals surface area contributed by atoms with Gasteiger partial charge in [-0.05, 0) is 44.4 Å². The maximum atomic E-state index is 12.6. The van der Waals surface area contributed by atoms with E-state index in [9.17, 15) is 9.90 Å². The van der Waals surface area contributed by atoms with Crippen LogP contribution in [-0.2, 0) is 6.61 Å². The number of aliphatic hydroxyl groups excluding tert-OH is 1. The molecule has 126 valence electrons. The molecular formula is C17H19N3O3S. The Hall–Kier alpha value is -2.22. The molecule has 0 aliphatic rings. The Kier molecular flexibility index (Phi) is 4.94. The van der Waals surface area contributed by atoms with Crippen LogP contribution in [0.5, 0.6) is 5.75 Å². The first kappa shape index (κ1) is 16.6. The van der Waals surface area contributed by atoms with Crippen LogP contribution in [0.4, 0.5) is 0 Å². The lowest BCUT2D eigenvalue weighted by Crippen LogP contribution is -2.19. The van der Waals surface area contributed by atoms with E-state index in [2.05, 4.69) is 9.88 Å². The van der Waals surface area contributed by atoms with Gasteiger partial charge in [0.15, 0.2) is 0 Å². The molecular weight excluding hydrogens is 326 g/mol. The van der Waals surface area contributed by atoms with E-state index in [-0.39, 0.29) is 12.2 Å². The molecule has 0 bridgehead atoms. The number of likely N-dealkylation sites (N-methyl/N-ethyl adjacent to an activating group) is 1. The standard InChI is InChI=1S/C17H19N3O3S/c1-19(2)7-8-23-13-5-3-12(4-6-13)20-11-18-15-9-14(10-21)24-16(15)17(20)22/h3-6,9,11,21H,7-8,10H2,1-2H3. The molecule has 2 heterocycles. The zero-order chi connectivity index (χ0) is 17.1. The lowest BCUT2D eigenvalue weighted by atomic mass is 10.3. The fourth-order valence-corrected chi connectivity index (χ4v) is 3.17. The van der Waals surface area contributed by atoms with E-state index in [0.717, 1.165) is 22.9 Å². The molecule has 0 aliphatic heterocycles. The highest BCUT2D eigenvalue weighted by Crippen LogP contribution is 2.21. The SMILES string of the molecule is CN(C)CCOc1ccc(-n2cnc3cc(CO)sc3c2=O)cc1. The molecule has 0 unspecified atom stereocenters. The first-order valence-electron chi connectivity index (χ1n) is 7.57. The molecule has 3 rings (SSSR count). The largest absolute Gasteiger partial charge is 0.492 e. The summed E-state index contributed by atoms with van der Waals surface area (Å²) in [5.74, 6) is 0.765. The number of aliphatic hydroxyl groups is 1. The molecule has 0 atom stereocenters. The number of ether oxygens (including phenoxy) is 1. The van der Waals surface area contributed by atoms with Crippen molar-refractivity contribution in [3.63, 3.8) is 0 Å². The third-order valence-electron chi connectivity index (χ3n) is 3.57. The van der Waals surface area contributed by atoms with Gasteiger partial charge in [0.2, 0.25) is 0 Å². The third-order valence-corrected chi connectivity index (χ3v) is 4.66. The third kappa shape index (κ3) is 3.48. The van der Waals surface area contributed by atoms with Crippen LogP contribution in [0.2, 0.25) is 0 Å². The Morgan fingerprint density at radius 2 is 2.04 bits per heavy atom. The molecule has 7 heteroatoms. The highest BCUT2D eigenvalue weighted by molar-refractivity contribution is 7.18. The molecule has 0 amide bonds. The number of hydrogen-bond acceptors (Lipinski definition) is 6. The molecule has 0 spiro atoms. The molecule has 0 fully saturated rings. The average Bonchev–Trinajstić information content (AvgIpc) is 3.00. The van der Waals surface area contributed by atoms with Crippen molar-refractivity contribution < 1.29 is 9.84 Å². The zero-order valence-corrected chi connectivity index (χ0v) is 14.4. The molecule has 6 nitrogen and oxygen atoms in total. The van der Waals surface area contributed by atoms with Crippen LogP contribution in [-0.4, -0.2) is 46.8 Å². The summed E-state index contributed by atoms with van der Waals surface area (Å²) in [6, 6.07) is 9.10. The zero-order valence-electron chi connectivity index (χ0n) is 13.6. The highest BCUT2D eigenvalue weighted by atomic mass is 32.1. The number of aromatic nitrogens is 2. The van der Waals surface area contributed by atoms with Gasteiger partial charge in [-0.2, -0.15) is 0 Å². The summed E-state index contributed by atoms with van der Waals surface area (Å²) in [5.41, 5.74) is 1.22. The summed E-state index contributed by atoms with van der Waals surface area (Å²) in [7, 11) is 3.99. The number of hydrogen-bond donors (Lipinski definition) is 1. The van der Waals surface area contributed by atoms with Gasteiger partial charge in [0.25, 0.3) is 5.56 Å². The summed E-state index contributed by atoms with van der Waals surface area (Å²) in [6.07, 6.45) is 1.51. The monoisotopic (exact) mass is 345 g/mol. The molecule has 0 saturated heterocycles. The first-order valence-corrected chi connectivity index (χ1v) is 8.39. The van der Waals surface area contributed by atoms with Crippen molar-refractivity contribution in [2.24, 2.45) is 0 Å². The average molecular weight is 345 g/mol. The summed E-state index contributed by atoms with van der Waals surface area (Å²) in [5, 5.41) is 9.21. The van der Waals surface area contributed by atoms with Gasteiger partial charge in [0.1, 0.15) is 23.4 Å². The van der Waals surface area contributed by atoms with Crippen molar-refractivity contribution in [3.05, 3.63) is 51.9 Å². The number of thiophene rings is 1. The molecule has 24 heavy (non-hydrogen) atoms. The van der Waals surface area contributed by atoms with Gasteiger partial charge in [-0.15, -0.1) is 11.3 Å². The highest BCUT2D eigenvalue weighted by Gasteiger charge is 2.10.